The smallest absolute Gasteiger partial charge is 0.350 e. The van der Waals surface area contributed by atoms with Gasteiger partial charge in [0, 0.05) is 25.8 Å². The van der Waals surface area contributed by atoms with Crippen LogP contribution in [0, 0.1) is 0 Å². The lowest BCUT2D eigenvalue weighted by molar-refractivity contribution is 0.576. The molecule has 0 radical (unpaired) electrons. The topological polar surface area (TPSA) is 54.6 Å². The third kappa shape index (κ3) is 2.56. The zero-order valence-electron chi connectivity index (χ0n) is 12.9. The van der Waals surface area contributed by atoms with Crippen LogP contribution in [0.4, 0.5) is 11.4 Å². The molecule has 0 bridgehead atoms. The van der Waals surface area contributed by atoms with Crippen molar-refractivity contribution in [3.05, 3.63) is 59.1 Å². The van der Waals surface area contributed by atoms with Crippen LogP contribution >= 0.6 is 0 Å². The van der Waals surface area contributed by atoms with E-state index in [0.29, 0.717) is 12.2 Å². The second-order valence-corrected chi connectivity index (χ2v) is 5.72. The maximum absolute atomic E-state index is 12.3. The lowest BCUT2D eigenvalue weighted by atomic mass is 10.2. The van der Waals surface area contributed by atoms with Crippen LogP contribution in [0.5, 0.6) is 0 Å². The minimum absolute atomic E-state index is 0.0816. The van der Waals surface area contributed by atoms with E-state index in [9.17, 15) is 4.79 Å². The van der Waals surface area contributed by atoms with Gasteiger partial charge in [0.15, 0.2) is 5.65 Å². The Morgan fingerprint density at radius 3 is 2.87 bits per heavy atom. The number of nitrogens with one attached hydrogen (secondary N) is 1. The molecule has 2 aromatic heterocycles. The fourth-order valence-electron chi connectivity index (χ4n) is 3.07. The number of rotatable bonds is 3. The molecular formula is C17H19N5O. The van der Waals surface area contributed by atoms with Crippen molar-refractivity contribution in [1.29, 1.82) is 0 Å². The molecule has 3 aromatic rings. The Morgan fingerprint density at radius 2 is 1.96 bits per heavy atom. The van der Waals surface area contributed by atoms with E-state index >= 15 is 0 Å². The second kappa shape index (κ2) is 5.79. The minimum Gasteiger partial charge on any atom is -0.383 e. The zero-order valence-corrected chi connectivity index (χ0v) is 12.9. The summed E-state index contributed by atoms with van der Waals surface area (Å²) >= 11 is 0. The highest BCUT2D eigenvalue weighted by Crippen LogP contribution is 2.27. The third-order valence-corrected chi connectivity index (χ3v) is 4.24. The number of para-hydroxylation sites is 2. The molecule has 118 valence electrons. The highest BCUT2D eigenvalue weighted by Gasteiger charge is 2.15. The summed E-state index contributed by atoms with van der Waals surface area (Å²) in [6, 6.07) is 13.9. The Bertz CT molecular complexity index is 882. The van der Waals surface area contributed by atoms with E-state index in [1.54, 1.807) is 15.3 Å². The summed E-state index contributed by atoms with van der Waals surface area (Å²) in [5.74, 6) is 0. The molecule has 0 amide bonds. The Kier molecular flexibility index (Phi) is 3.49. The Labute approximate surface area is 134 Å². The molecule has 0 atom stereocenters. The van der Waals surface area contributed by atoms with Gasteiger partial charge in [-0.25, -0.2) is 9.48 Å². The molecule has 1 aliphatic heterocycles. The summed E-state index contributed by atoms with van der Waals surface area (Å²) < 4.78 is 3.13. The van der Waals surface area contributed by atoms with Gasteiger partial charge in [-0.3, -0.25) is 4.40 Å². The lowest BCUT2D eigenvalue weighted by Gasteiger charge is -2.24. The van der Waals surface area contributed by atoms with Crippen molar-refractivity contribution in [2.24, 2.45) is 0 Å². The van der Waals surface area contributed by atoms with Gasteiger partial charge in [-0.15, -0.1) is 5.10 Å². The van der Waals surface area contributed by atoms with Crippen molar-refractivity contribution in [3.8, 4) is 0 Å². The van der Waals surface area contributed by atoms with Crippen LogP contribution in [0.2, 0.25) is 0 Å². The summed E-state index contributed by atoms with van der Waals surface area (Å²) in [7, 11) is 0. The molecule has 0 aliphatic carbocycles. The van der Waals surface area contributed by atoms with E-state index in [1.165, 1.54) is 5.69 Å². The van der Waals surface area contributed by atoms with Gasteiger partial charge in [0.05, 0.1) is 17.9 Å². The maximum atomic E-state index is 12.3. The van der Waals surface area contributed by atoms with Crippen molar-refractivity contribution in [2.75, 3.05) is 29.9 Å². The molecule has 3 heterocycles. The number of pyridine rings is 1. The number of fused-ring (bicyclic) bond motifs is 2. The van der Waals surface area contributed by atoms with E-state index in [0.717, 1.165) is 31.7 Å². The minimum atomic E-state index is -0.0816. The van der Waals surface area contributed by atoms with Gasteiger partial charge in [0.2, 0.25) is 0 Å². The number of anilines is 2. The molecule has 6 heteroatoms. The summed E-state index contributed by atoms with van der Waals surface area (Å²) in [4.78, 5) is 14.7. The first-order valence-corrected chi connectivity index (χ1v) is 7.95. The van der Waals surface area contributed by atoms with E-state index < -0.39 is 0 Å². The number of hydrogen-bond donors (Lipinski definition) is 1. The van der Waals surface area contributed by atoms with Crippen LogP contribution in [0.25, 0.3) is 5.65 Å². The van der Waals surface area contributed by atoms with E-state index in [4.69, 9.17) is 0 Å². The van der Waals surface area contributed by atoms with Crippen LogP contribution in [0.15, 0.2) is 53.5 Å². The van der Waals surface area contributed by atoms with Gasteiger partial charge in [-0.1, -0.05) is 18.2 Å². The Morgan fingerprint density at radius 1 is 1.09 bits per heavy atom. The standard InChI is InChI=1S/C17H19N5O/c23-17-21-11-4-3-8-16(21)19-22(17)13-12-20-10-5-9-18-14-6-1-2-7-15(14)20/h1-4,6-8,11,18H,5,9-10,12-13H2. The predicted octanol–water partition coefficient (Wildman–Crippen LogP) is 1.82. The quantitative estimate of drug-likeness (QED) is 0.802. The zero-order chi connectivity index (χ0) is 15.6. The number of nitrogens with zero attached hydrogens (tertiary/aromatic N) is 4. The lowest BCUT2D eigenvalue weighted by Crippen LogP contribution is -2.32. The molecule has 0 fully saturated rings. The summed E-state index contributed by atoms with van der Waals surface area (Å²) in [5.41, 5.74) is 2.96. The molecule has 4 rings (SSSR count). The van der Waals surface area contributed by atoms with Gasteiger partial charge in [0.1, 0.15) is 0 Å². The molecule has 0 unspecified atom stereocenters. The Balaban J connectivity index is 1.58. The van der Waals surface area contributed by atoms with Crippen LogP contribution in [-0.2, 0) is 6.54 Å². The first-order chi connectivity index (χ1) is 11.3. The molecular weight excluding hydrogens is 290 g/mol. The summed E-state index contributed by atoms with van der Waals surface area (Å²) in [6.07, 6.45) is 2.83. The summed E-state index contributed by atoms with van der Waals surface area (Å²) in [5, 5.41) is 7.86. The first kappa shape index (κ1) is 13.9. The normalized spacial score (nSPS) is 14.3. The molecule has 0 spiro atoms. The Hall–Kier alpha value is -2.76. The van der Waals surface area contributed by atoms with Gasteiger partial charge in [-0.05, 0) is 30.7 Å². The predicted molar refractivity (Wildman–Crippen MR) is 91.2 cm³/mol. The van der Waals surface area contributed by atoms with Gasteiger partial charge < -0.3 is 10.2 Å². The van der Waals surface area contributed by atoms with Crippen molar-refractivity contribution in [2.45, 2.75) is 13.0 Å². The van der Waals surface area contributed by atoms with Crippen molar-refractivity contribution >= 4 is 17.0 Å². The van der Waals surface area contributed by atoms with Gasteiger partial charge in [-0.2, -0.15) is 0 Å². The van der Waals surface area contributed by atoms with E-state index in [1.807, 2.05) is 24.3 Å². The van der Waals surface area contributed by atoms with Crippen molar-refractivity contribution in [1.82, 2.24) is 14.2 Å². The molecule has 1 aromatic carbocycles. The molecule has 0 saturated heterocycles. The average molecular weight is 309 g/mol. The largest absolute Gasteiger partial charge is 0.383 e. The third-order valence-electron chi connectivity index (χ3n) is 4.24. The van der Waals surface area contributed by atoms with Crippen LogP contribution in [-0.4, -0.2) is 33.8 Å². The SMILES string of the molecule is O=c1n(CCN2CCCNc3ccccc32)nc2ccccn12. The maximum Gasteiger partial charge on any atom is 0.350 e. The second-order valence-electron chi connectivity index (χ2n) is 5.72. The number of hydrogen-bond acceptors (Lipinski definition) is 4. The molecule has 1 N–H and O–H groups in total. The van der Waals surface area contributed by atoms with E-state index in [2.05, 4.69) is 33.5 Å². The molecule has 6 nitrogen and oxygen atoms in total. The molecule has 1 aliphatic rings. The van der Waals surface area contributed by atoms with Gasteiger partial charge >= 0.3 is 5.69 Å². The molecule has 0 saturated carbocycles. The average Bonchev–Trinajstić information content (AvgIpc) is 2.78. The highest BCUT2D eigenvalue weighted by molar-refractivity contribution is 5.70. The fraction of sp³-hybridized carbons (Fsp3) is 0.294. The monoisotopic (exact) mass is 309 g/mol. The molecule has 23 heavy (non-hydrogen) atoms. The van der Waals surface area contributed by atoms with Crippen molar-refractivity contribution in [3.63, 3.8) is 0 Å². The first-order valence-electron chi connectivity index (χ1n) is 7.95. The van der Waals surface area contributed by atoms with Crippen LogP contribution in [0.1, 0.15) is 6.42 Å². The fourth-order valence-corrected chi connectivity index (χ4v) is 3.07. The number of benzene rings is 1. The summed E-state index contributed by atoms with van der Waals surface area (Å²) in [6.45, 7) is 3.30. The van der Waals surface area contributed by atoms with E-state index in [-0.39, 0.29) is 5.69 Å². The van der Waals surface area contributed by atoms with Crippen LogP contribution < -0.4 is 15.9 Å². The van der Waals surface area contributed by atoms with Crippen LogP contribution in [0.3, 0.4) is 0 Å². The highest BCUT2D eigenvalue weighted by atomic mass is 16.2. The van der Waals surface area contributed by atoms with Gasteiger partial charge in [0.25, 0.3) is 0 Å². The van der Waals surface area contributed by atoms with Crippen molar-refractivity contribution < 1.29 is 0 Å². The number of aromatic nitrogens is 3.